The number of halogens is 1. The fraction of sp³-hybridized carbons (Fsp3) is 0.280. The normalized spacial score (nSPS) is 14.6. The van der Waals surface area contributed by atoms with Crippen LogP contribution in [0.2, 0.25) is 5.02 Å². The van der Waals surface area contributed by atoms with E-state index in [1.54, 1.807) is 35.6 Å². The molecule has 0 saturated carbocycles. The molecule has 1 aliphatic rings. The SMILES string of the molecule is O=C(NCC(c1cccc(Cl)c1)N1CCCC1)Nc1cccc(C(=O)NCc2cccs2)c1. The summed E-state index contributed by atoms with van der Waals surface area (Å²) in [5, 5.41) is 11.4. The highest BCUT2D eigenvalue weighted by Crippen LogP contribution is 2.26. The molecule has 1 aliphatic heterocycles. The van der Waals surface area contributed by atoms with Crippen LogP contribution in [0.5, 0.6) is 0 Å². The van der Waals surface area contributed by atoms with Crippen molar-refractivity contribution in [2.45, 2.75) is 25.4 Å². The highest BCUT2D eigenvalue weighted by atomic mass is 35.5. The number of hydrogen-bond donors (Lipinski definition) is 3. The summed E-state index contributed by atoms with van der Waals surface area (Å²) in [6.45, 7) is 2.95. The maximum Gasteiger partial charge on any atom is 0.319 e. The third kappa shape index (κ3) is 6.57. The molecule has 0 spiro atoms. The highest BCUT2D eigenvalue weighted by molar-refractivity contribution is 7.09. The first-order valence-corrected chi connectivity index (χ1v) is 12.3. The molecule has 1 fully saturated rings. The van der Waals surface area contributed by atoms with E-state index in [4.69, 9.17) is 11.6 Å². The fourth-order valence-corrected chi connectivity index (χ4v) is 4.85. The number of carbonyl (C=O) groups excluding carboxylic acids is 2. The van der Waals surface area contributed by atoms with E-state index in [1.807, 2.05) is 41.8 Å². The summed E-state index contributed by atoms with van der Waals surface area (Å²) in [6.07, 6.45) is 2.31. The molecule has 3 aromatic rings. The summed E-state index contributed by atoms with van der Waals surface area (Å²) in [4.78, 5) is 28.6. The first-order chi connectivity index (χ1) is 16.1. The number of nitrogens with zero attached hydrogens (tertiary/aromatic N) is 1. The molecular formula is C25H27ClN4O2S. The minimum Gasteiger partial charge on any atom is -0.347 e. The number of amides is 3. The van der Waals surface area contributed by atoms with Crippen molar-refractivity contribution >= 4 is 40.6 Å². The highest BCUT2D eigenvalue weighted by Gasteiger charge is 2.24. The van der Waals surface area contributed by atoms with Gasteiger partial charge in [-0.3, -0.25) is 9.69 Å². The Bertz CT molecular complexity index is 1080. The van der Waals surface area contributed by atoms with E-state index < -0.39 is 0 Å². The molecule has 0 aliphatic carbocycles. The van der Waals surface area contributed by atoms with E-state index in [9.17, 15) is 9.59 Å². The number of benzene rings is 2. The van der Waals surface area contributed by atoms with Crippen LogP contribution in [0.15, 0.2) is 66.0 Å². The average molecular weight is 483 g/mol. The summed E-state index contributed by atoms with van der Waals surface area (Å²) in [7, 11) is 0. The van der Waals surface area contributed by atoms with E-state index in [-0.39, 0.29) is 18.0 Å². The van der Waals surface area contributed by atoms with Gasteiger partial charge in [0.05, 0.1) is 12.6 Å². The molecule has 2 heterocycles. The summed E-state index contributed by atoms with van der Waals surface area (Å²) in [5.74, 6) is -0.178. The van der Waals surface area contributed by atoms with Gasteiger partial charge in [-0.15, -0.1) is 11.3 Å². The molecule has 0 bridgehead atoms. The van der Waals surface area contributed by atoms with Crippen LogP contribution in [0.4, 0.5) is 10.5 Å². The van der Waals surface area contributed by atoms with Crippen molar-refractivity contribution < 1.29 is 9.59 Å². The van der Waals surface area contributed by atoms with E-state index in [0.717, 1.165) is 36.4 Å². The van der Waals surface area contributed by atoms with Crippen LogP contribution in [-0.2, 0) is 6.54 Å². The molecular weight excluding hydrogens is 456 g/mol. The molecule has 6 nitrogen and oxygen atoms in total. The van der Waals surface area contributed by atoms with Gasteiger partial charge in [0.1, 0.15) is 0 Å². The van der Waals surface area contributed by atoms with Crippen LogP contribution in [0.25, 0.3) is 0 Å². The van der Waals surface area contributed by atoms with E-state index >= 15 is 0 Å². The topological polar surface area (TPSA) is 73.5 Å². The van der Waals surface area contributed by atoms with Gasteiger partial charge in [-0.2, -0.15) is 0 Å². The molecule has 1 atom stereocenters. The Morgan fingerprint density at radius 1 is 1.00 bits per heavy atom. The van der Waals surface area contributed by atoms with Gasteiger partial charge in [0.25, 0.3) is 5.91 Å². The Morgan fingerprint density at radius 2 is 1.82 bits per heavy atom. The molecule has 172 valence electrons. The number of hydrogen-bond acceptors (Lipinski definition) is 4. The third-order valence-corrected chi connectivity index (χ3v) is 6.77. The number of thiophene rings is 1. The second-order valence-electron chi connectivity index (χ2n) is 7.99. The first-order valence-electron chi connectivity index (χ1n) is 11.0. The van der Waals surface area contributed by atoms with Gasteiger partial charge < -0.3 is 16.0 Å². The molecule has 1 aromatic heterocycles. The predicted octanol–water partition coefficient (Wildman–Crippen LogP) is 5.29. The third-order valence-electron chi connectivity index (χ3n) is 5.66. The van der Waals surface area contributed by atoms with Crippen LogP contribution >= 0.6 is 22.9 Å². The van der Waals surface area contributed by atoms with E-state index in [0.29, 0.717) is 29.4 Å². The van der Waals surface area contributed by atoms with Crippen molar-refractivity contribution in [2.75, 3.05) is 25.0 Å². The Hall–Kier alpha value is -2.87. The molecule has 8 heteroatoms. The monoisotopic (exact) mass is 482 g/mol. The van der Waals surface area contributed by atoms with Crippen LogP contribution < -0.4 is 16.0 Å². The lowest BCUT2D eigenvalue weighted by atomic mass is 10.1. The summed E-state index contributed by atoms with van der Waals surface area (Å²) in [6, 6.07) is 18.4. The standard InChI is InChI=1S/C25H27ClN4O2S/c26-20-8-3-6-18(14-20)23(30-11-1-2-12-30)17-28-25(32)29-21-9-4-7-19(15-21)24(31)27-16-22-10-5-13-33-22/h3-10,13-15,23H,1-2,11-12,16-17H2,(H,27,31)(H2,28,29,32). The van der Waals surface area contributed by atoms with Gasteiger partial charge in [0, 0.05) is 27.7 Å². The maximum atomic E-state index is 12.6. The fourth-order valence-electron chi connectivity index (χ4n) is 4.01. The summed E-state index contributed by atoms with van der Waals surface area (Å²) < 4.78 is 0. The number of rotatable bonds is 8. The quantitative estimate of drug-likeness (QED) is 0.408. The molecule has 2 aromatic carbocycles. The van der Waals surface area contributed by atoms with E-state index in [1.165, 1.54) is 0 Å². The van der Waals surface area contributed by atoms with Crippen LogP contribution in [0, 0.1) is 0 Å². The van der Waals surface area contributed by atoms with Crippen molar-refractivity contribution in [2.24, 2.45) is 0 Å². The number of anilines is 1. The van der Waals surface area contributed by atoms with Crippen molar-refractivity contribution in [1.82, 2.24) is 15.5 Å². The smallest absolute Gasteiger partial charge is 0.319 e. The van der Waals surface area contributed by atoms with Crippen LogP contribution in [0.3, 0.4) is 0 Å². The molecule has 1 unspecified atom stereocenters. The predicted molar refractivity (Wildman–Crippen MR) is 134 cm³/mol. The lowest BCUT2D eigenvalue weighted by molar-refractivity contribution is 0.0951. The number of carbonyl (C=O) groups is 2. The minimum atomic E-state index is -0.308. The van der Waals surface area contributed by atoms with Gasteiger partial charge >= 0.3 is 6.03 Å². The Balaban J connectivity index is 1.34. The maximum absolute atomic E-state index is 12.6. The zero-order chi connectivity index (χ0) is 23.0. The summed E-state index contributed by atoms with van der Waals surface area (Å²) in [5.41, 5.74) is 2.16. The zero-order valence-corrected chi connectivity index (χ0v) is 19.8. The van der Waals surface area contributed by atoms with Crippen LogP contribution in [0.1, 0.15) is 39.7 Å². The molecule has 3 amide bonds. The van der Waals surface area contributed by atoms with Crippen LogP contribution in [-0.4, -0.2) is 36.5 Å². The average Bonchev–Trinajstić information content (AvgIpc) is 3.53. The Labute approximate surface area is 203 Å². The van der Waals surface area contributed by atoms with Crippen molar-refractivity contribution in [3.63, 3.8) is 0 Å². The number of nitrogens with one attached hydrogen (secondary N) is 3. The number of urea groups is 1. The Morgan fingerprint density at radius 3 is 2.58 bits per heavy atom. The zero-order valence-electron chi connectivity index (χ0n) is 18.2. The first kappa shape index (κ1) is 23.3. The lowest BCUT2D eigenvalue weighted by Crippen LogP contribution is -2.38. The van der Waals surface area contributed by atoms with Crippen molar-refractivity contribution in [1.29, 1.82) is 0 Å². The molecule has 33 heavy (non-hydrogen) atoms. The van der Waals surface area contributed by atoms with E-state index in [2.05, 4.69) is 20.9 Å². The van der Waals surface area contributed by atoms with Gasteiger partial charge in [0.2, 0.25) is 0 Å². The van der Waals surface area contributed by atoms with Gasteiger partial charge in [-0.25, -0.2) is 4.79 Å². The second kappa shape index (κ2) is 11.3. The molecule has 3 N–H and O–H groups in total. The van der Waals surface area contributed by atoms with Gasteiger partial charge in [-0.1, -0.05) is 35.9 Å². The van der Waals surface area contributed by atoms with Crippen molar-refractivity contribution in [3.05, 3.63) is 87.1 Å². The van der Waals surface area contributed by atoms with Gasteiger partial charge in [0.15, 0.2) is 0 Å². The van der Waals surface area contributed by atoms with Gasteiger partial charge in [-0.05, 0) is 73.3 Å². The second-order valence-corrected chi connectivity index (χ2v) is 9.46. The molecule has 1 saturated heterocycles. The summed E-state index contributed by atoms with van der Waals surface area (Å²) >= 11 is 7.80. The lowest BCUT2D eigenvalue weighted by Gasteiger charge is -2.28. The Kier molecular flexibility index (Phi) is 7.99. The minimum absolute atomic E-state index is 0.0614. The number of likely N-dealkylation sites (tertiary alicyclic amines) is 1. The molecule has 4 rings (SSSR count). The molecule has 0 radical (unpaired) electrons. The largest absolute Gasteiger partial charge is 0.347 e. The van der Waals surface area contributed by atoms with Crippen molar-refractivity contribution in [3.8, 4) is 0 Å².